The van der Waals surface area contributed by atoms with Gasteiger partial charge in [-0.2, -0.15) is 0 Å². The van der Waals surface area contributed by atoms with Crippen molar-refractivity contribution in [2.75, 3.05) is 13.1 Å². The Kier molecular flexibility index (Phi) is 18.9. The van der Waals surface area contributed by atoms with Crippen LogP contribution in [0.1, 0.15) is 79.1 Å². The van der Waals surface area contributed by atoms with Crippen LogP contribution >= 0.6 is 0 Å². The van der Waals surface area contributed by atoms with Crippen LogP contribution in [0.2, 0.25) is 0 Å². The van der Waals surface area contributed by atoms with E-state index in [0.29, 0.717) is 51.6 Å². The van der Waals surface area contributed by atoms with Crippen molar-refractivity contribution < 1.29 is 33.9 Å². The van der Waals surface area contributed by atoms with Crippen LogP contribution in [0.15, 0.2) is 0 Å². The quantitative estimate of drug-likeness (QED) is 0.0627. The Morgan fingerprint density at radius 1 is 0.690 bits per heavy atom. The second kappa shape index (κ2) is 20.6. The lowest BCUT2D eigenvalue weighted by Crippen LogP contribution is -2.60. The molecule has 0 aromatic rings. The van der Waals surface area contributed by atoms with E-state index in [9.17, 15) is 33.9 Å². The van der Waals surface area contributed by atoms with Crippen LogP contribution in [0, 0.1) is 11.8 Å². The maximum atomic E-state index is 13.3. The van der Waals surface area contributed by atoms with Crippen molar-refractivity contribution in [2.45, 2.75) is 109 Å². The Morgan fingerprint density at radius 2 is 1.19 bits per heavy atom. The first-order valence-electron chi connectivity index (χ1n) is 14.6. The zero-order valence-electron chi connectivity index (χ0n) is 25.3. The summed E-state index contributed by atoms with van der Waals surface area (Å²) in [5.74, 6) is -5.85. The Bertz CT molecular complexity index is 902. The summed E-state index contributed by atoms with van der Waals surface area (Å²) in [6.07, 6.45) is 2.83. The second-order valence-corrected chi connectivity index (χ2v) is 10.9. The lowest BCUT2D eigenvalue weighted by atomic mass is 9.96. The Morgan fingerprint density at radius 3 is 1.67 bits per heavy atom. The van der Waals surface area contributed by atoms with Crippen molar-refractivity contribution in [3.8, 4) is 0 Å². The lowest BCUT2D eigenvalue weighted by Gasteiger charge is -2.29. The Labute approximate surface area is 248 Å². The molecular formula is C27H52N8O7. The zero-order chi connectivity index (χ0) is 32.4. The molecule has 42 heavy (non-hydrogen) atoms. The van der Waals surface area contributed by atoms with E-state index in [1.807, 2.05) is 6.92 Å². The summed E-state index contributed by atoms with van der Waals surface area (Å²) in [7, 11) is 0. The minimum absolute atomic E-state index is 0.150. The van der Waals surface area contributed by atoms with E-state index in [0.717, 1.165) is 0 Å². The summed E-state index contributed by atoms with van der Waals surface area (Å²) >= 11 is 0. The van der Waals surface area contributed by atoms with Gasteiger partial charge in [-0.05, 0) is 57.0 Å². The molecule has 0 radical (unpaired) electrons. The Balaban J connectivity index is 5.74. The van der Waals surface area contributed by atoms with Crippen LogP contribution in [0.4, 0.5) is 0 Å². The van der Waals surface area contributed by atoms with Gasteiger partial charge in [-0.25, -0.2) is 4.79 Å². The predicted octanol–water partition coefficient (Wildman–Crippen LogP) is -1.83. The van der Waals surface area contributed by atoms with E-state index in [1.165, 1.54) is 0 Å². The number of carbonyl (C=O) groups is 6. The molecule has 15 nitrogen and oxygen atoms in total. The number of primary amides is 1. The molecule has 0 bridgehead atoms. The SMILES string of the molecule is CC[C@H](C)[C@H](NC(=O)[C@@H](N)CCCCN)C(=O)N[C@@H](CC(N)=O)C(=O)N[C@H](C(=O)N[C@@H](CCCCN)C(=O)O)C(C)C. The summed E-state index contributed by atoms with van der Waals surface area (Å²) in [6, 6.07) is -5.77. The highest BCUT2D eigenvalue weighted by Gasteiger charge is 2.34. The average molecular weight is 601 g/mol. The molecule has 0 rings (SSSR count). The van der Waals surface area contributed by atoms with Crippen molar-refractivity contribution >= 4 is 35.5 Å². The number of nitrogens with two attached hydrogens (primary N) is 4. The van der Waals surface area contributed by atoms with Gasteiger partial charge in [-0.15, -0.1) is 0 Å². The summed E-state index contributed by atoms with van der Waals surface area (Å²) in [6.45, 7) is 7.67. The number of hydrogen-bond donors (Lipinski definition) is 9. The van der Waals surface area contributed by atoms with E-state index >= 15 is 0 Å². The van der Waals surface area contributed by atoms with Gasteiger partial charge >= 0.3 is 5.97 Å². The number of amides is 5. The van der Waals surface area contributed by atoms with Gasteiger partial charge in [0.1, 0.15) is 24.2 Å². The van der Waals surface area contributed by atoms with Crippen molar-refractivity contribution in [1.29, 1.82) is 0 Å². The largest absolute Gasteiger partial charge is 0.480 e. The fraction of sp³-hybridized carbons (Fsp3) is 0.778. The number of unbranched alkanes of at least 4 members (excludes halogenated alkanes) is 2. The number of carboxylic acids is 1. The number of hydrogen-bond acceptors (Lipinski definition) is 9. The fourth-order valence-corrected chi connectivity index (χ4v) is 4.07. The first-order valence-corrected chi connectivity index (χ1v) is 14.6. The van der Waals surface area contributed by atoms with Crippen LogP contribution in [-0.4, -0.2) is 83.9 Å². The zero-order valence-corrected chi connectivity index (χ0v) is 25.3. The van der Waals surface area contributed by atoms with Gasteiger partial charge in [-0.1, -0.05) is 40.5 Å². The predicted molar refractivity (Wildman–Crippen MR) is 157 cm³/mol. The van der Waals surface area contributed by atoms with E-state index in [-0.39, 0.29) is 12.3 Å². The summed E-state index contributed by atoms with van der Waals surface area (Å²) < 4.78 is 0. The fourth-order valence-electron chi connectivity index (χ4n) is 4.07. The first-order chi connectivity index (χ1) is 19.7. The van der Waals surface area contributed by atoms with Gasteiger partial charge in [0, 0.05) is 0 Å². The Hall–Kier alpha value is -3.30. The summed E-state index contributed by atoms with van der Waals surface area (Å²) in [5, 5.41) is 19.6. The van der Waals surface area contributed by atoms with Crippen molar-refractivity contribution in [2.24, 2.45) is 34.8 Å². The van der Waals surface area contributed by atoms with Gasteiger partial charge in [0.05, 0.1) is 12.5 Å². The molecule has 0 fully saturated rings. The van der Waals surface area contributed by atoms with Crippen LogP contribution in [0.25, 0.3) is 0 Å². The smallest absolute Gasteiger partial charge is 0.326 e. The third-order valence-corrected chi connectivity index (χ3v) is 6.95. The standard InChI is InChI=1S/C27H52N8O7/c1-5-16(4)22(35-23(37)17(30)10-6-8-12-28)26(40)33-19(14-20(31)36)24(38)34-21(15(2)3)25(39)32-18(27(41)42)11-7-9-13-29/h15-19,21-22H,5-14,28-30H2,1-4H3,(H2,31,36)(H,32,39)(H,33,40)(H,34,38)(H,35,37)(H,41,42)/t16-,17-,18-,19-,21-,22-/m0/s1. The highest BCUT2D eigenvalue weighted by molar-refractivity contribution is 5.97. The monoisotopic (exact) mass is 600 g/mol. The number of rotatable bonds is 22. The van der Waals surface area contributed by atoms with E-state index in [1.54, 1.807) is 20.8 Å². The average Bonchev–Trinajstić information content (AvgIpc) is 2.92. The second-order valence-electron chi connectivity index (χ2n) is 10.9. The van der Waals surface area contributed by atoms with E-state index in [4.69, 9.17) is 22.9 Å². The molecule has 0 aromatic carbocycles. The molecule has 15 heteroatoms. The van der Waals surface area contributed by atoms with E-state index in [2.05, 4.69) is 21.3 Å². The number of nitrogens with one attached hydrogen (secondary N) is 4. The summed E-state index contributed by atoms with van der Waals surface area (Å²) in [5.41, 5.74) is 22.2. The molecule has 6 atom stereocenters. The molecule has 0 saturated heterocycles. The van der Waals surface area contributed by atoms with Gasteiger partial charge in [0.2, 0.25) is 29.5 Å². The maximum absolute atomic E-state index is 13.3. The molecule has 242 valence electrons. The molecule has 13 N–H and O–H groups in total. The minimum Gasteiger partial charge on any atom is -0.480 e. The van der Waals surface area contributed by atoms with Crippen LogP contribution in [-0.2, 0) is 28.8 Å². The third-order valence-electron chi connectivity index (χ3n) is 6.95. The highest BCUT2D eigenvalue weighted by atomic mass is 16.4. The normalized spacial score (nSPS) is 15.4. The van der Waals surface area contributed by atoms with Gasteiger partial charge in [-0.3, -0.25) is 24.0 Å². The van der Waals surface area contributed by atoms with Gasteiger partial charge < -0.3 is 49.3 Å². The molecule has 0 heterocycles. The molecule has 0 spiro atoms. The molecule has 5 amide bonds. The topological polar surface area (TPSA) is 275 Å². The lowest BCUT2D eigenvalue weighted by molar-refractivity contribution is -0.143. The summed E-state index contributed by atoms with van der Waals surface area (Å²) in [4.78, 5) is 75.6. The molecule has 0 unspecified atom stereocenters. The van der Waals surface area contributed by atoms with Crippen molar-refractivity contribution in [1.82, 2.24) is 21.3 Å². The molecule has 0 aromatic heterocycles. The highest BCUT2D eigenvalue weighted by Crippen LogP contribution is 2.11. The van der Waals surface area contributed by atoms with Gasteiger partial charge in [0.25, 0.3) is 0 Å². The van der Waals surface area contributed by atoms with Gasteiger partial charge in [0.15, 0.2) is 0 Å². The van der Waals surface area contributed by atoms with Crippen molar-refractivity contribution in [3.63, 3.8) is 0 Å². The van der Waals surface area contributed by atoms with Crippen LogP contribution in [0.5, 0.6) is 0 Å². The molecular weight excluding hydrogens is 548 g/mol. The minimum atomic E-state index is -1.47. The van der Waals surface area contributed by atoms with Crippen molar-refractivity contribution in [3.05, 3.63) is 0 Å². The molecule has 0 aliphatic carbocycles. The van der Waals surface area contributed by atoms with E-state index < -0.39 is 78.1 Å². The molecule has 0 aliphatic heterocycles. The van der Waals surface area contributed by atoms with Crippen LogP contribution < -0.4 is 44.2 Å². The third kappa shape index (κ3) is 14.5. The van der Waals surface area contributed by atoms with Crippen LogP contribution in [0.3, 0.4) is 0 Å². The molecule has 0 aliphatic rings. The molecule has 0 saturated carbocycles. The number of carboxylic acid groups (broad SMARTS) is 1. The number of aliphatic carboxylic acids is 1. The maximum Gasteiger partial charge on any atom is 0.326 e. The number of carbonyl (C=O) groups excluding carboxylic acids is 5. The first kappa shape index (κ1) is 38.7.